The van der Waals surface area contributed by atoms with Gasteiger partial charge in [-0.3, -0.25) is 0 Å². The molecule has 0 N–H and O–H groups in total. The number of hydrogen-bond donors (Lipinski definition) is 0. The van der Waals surface area contributed by atoms with Crippen LogP contribution in [-0.2, 0) is 0 Å². The van der Waals surface area contributed by atoms with Crippen molar-refractivity contribution < 1.29 is 4.74 Å². The molecule has 2 nitrogen and oxygen atoms in total. The van der Waals surface area contributed by atoms with Gasteiger partial charge < -0.3 is 9.64 Å². The Bertz CT molecular complexity index is 745. The van der Waals surface area contributed by atoms with Crippen molar-refractivity contribution in [3.05, 3.63) is 58.6 Å². The van der Waals surface area contributed by atoms with E-state index in [1.165, 1.54) is 10.6 Å². The van der Waals surface area contributed by atoms with Gasteiger partial charge in [0.2, 0.25) is 0 Å². The lowest BCUT2D eigenvalue weighted by atomic mass is 10.1. The molecule has 21 heavy (non-hydrogen) atoms. The number of fused-ring (bicyclic) bond motifs is 2. The molecular formula is C17H14BrNOS. The molecule has 0 radical (unpaired) electrons. The fourth-order valence-corrected chi connectivity index (χ4v) is 4.60. The maximum absolute atomic E-state index is 6.40. The molecule has 0 amide bonds. The summed E-state index contributed by atoms with van der Waals surface area (Å²) in [6.07, 6.45) is 4.32. The molecule has 0 saturated carbocycles. The summed E-state index contributed by atoms with van der Waals surface area (Å²) in [5.74, 6) is 0.930. The van der Waals surface area contributed by atoms with Gasteiger partial charge in [-0.05, 0) is 61.2 Å². The van der Waals surface area contributed by atoms with Crippen LogP contribution in [0.25, 0.3) is 6.08 Å². The van der Waals surface area contributed by atoms with Crippen molar-refractivity contribution >= 4 is 39.5 Å². The second-order valence-corrected chi connectivity index (χ2v) is 7.21. The van der Waals surface area contributed by atoms with E-state index >= 15 is 0 Å². The molecule has 0 aliphatic carbocycles. The van der Waals surface area contributed by atoms with Crippen molar-refractivity contribution in [1.29, 1.82) is 0 Å². The Morgan fingerprint density at radius 2 is 2.10 bits per heavy atom. The van der Waals surface area contributed by atoms with Crippen molar-refractivity contribution in [2.24, 2.45) is 0 Å². The second-order valence-electron chi connectivity index (χ2n) is 5.06. The van der Waals surface area contributed by atoms with Crippen LogP contribution in [0.2, 0.25) is 0 Å². The summed E-state index contributed by atoms with van der Waals surface area (Å²) in [7, 11) is 0. The van der Waals surface area contributed by atoms with Crippen LogP contribution >= 0.6 is 27.7 Å². The maximum Gasteiger partial charge on any atom is 0.256 e. The van der Waals surface area contributed by atoms with Crippen LogP contribution in [0.3, 0.4) is 0 Å². The van der Waals surface area contributed by atoms with Crippen molar-refractivity contribution in [1.82, 2.24) is 0 Å². The lowest BCUT2D eigenvalue weighted by molar-refractivity contribution is 0.210. The molecule has 0 saturated heterocycles. The van der Waals surface area contributed by atoms with Gasteiger partial charge in [-0.15, -0.1) is 0 Å². The Labute approximate surface area is 136 Å². The number of hydrogen-bond acceptors (Lipinski definition) is 3. The zero-order valence-corrected chi connectivity index (χ0v) is 13.9. The highest BCUT2D eigenvalue weighted by molar-refractivity contribution is 9.10. The minimum absolute atomic E-state index is 0.459. The Morgan fingerprint density at radius 1 is 1.24 bits per heavy atom. The van der Waals surface area contributed by atoms with E-state index in [0.717, 1.165) is 22.3 Å². The molecule has 2 aromatic rings. The Hall–Kier alpha value is -1.39. The fourth-order valence-electron chi connectivity index (χ4n) is 2.87. The van der Waals surface area contributed by atoms with Gasteiger partial charge in [0.15, 0.2) is 0 Å². The number of halogens is 1. The minimum Gasteiger partial charge on any atom is -0.454 e. The predicted molar refractivity (Wildman–Crippen MR) is 91.9 cm³/mol. The van der Waals surface area contributed by atoms with E-state index in [-0.39, 0.29) is 0 Å². The van der Waals surface area contributed by atoms with E-state index in [4.69, 9.17) is 4.74 Å². The molecule has 0 aromatic heterocycles. The Kier molecular flexibility index (Phi) is 3.05. The monoisotopic (exact) mass is 359 g/mol. The number of benzene rings is 2. The smallest absolute Gasteiger partial charge is 0.256 e. The largest absolute Gasteiger partial charge is 0.454 e. The summed E-state index contributed by atoms with van der Waals surface area (Å²) < 4.78 is 7.47. The molecule has 1 unspecified atom stereocenters. The lowest BCUT2D eigenvalue weighted by Crippen LogP contribution is -2.47. The van der Waals surface area contributed by atoms with Crippen LogP contribution in [0.4, 0.5) is 5.69 Å². The van der Waals surface area contributed by atoms with Crippen LogP contribution in [-0.4, -0.2) is 11.6 Å². The number of thioether (sulfide) groups is 1. The highest BCUT2D eigenvalue weighted by atomic mass is 79.9. The molecule has 0 fully saturated rings. The summed E-state index contributed by atoms with van der Waals surface area (Å²) in [6, 6.07) is 14.6. The number of anilines is 1. The van der Waals surface area contributed by atoms with Gasteiger partial charge in [-0.25, -0.2) is 0 Å². The normalized spacial score (nSPS) is 22.1. The maximum atomic E-state index is 6.40. The zero-order chi connectivity index (χ0) is 14.4. The number of likely N-dealkylation sites (N-methyl/N-ethyl adjacent to an activating group) is 1. The average Bonchev–Trinajstić information content (AvgIpc) is 2.80. The van der Waals surface area contributed by atoms with Gasteiger partial charge in [0.05, 0.1) is 5.69 Å². The van der Waals surface area contributed by atoms with Gasteiger partial charge in [0.25, 0.3) is 5.06 Å². The van der Waals surface area contributed by atoms with Gasteiger partial charge >= 0.3 is 0 Å². The van der Waals surface area contributed by atoms with Gasteiger partial charge in [0, 0.05) is 21.5 Å². The molecule has 2 aliphatic heterocycles. The Balaban J connectivity index is 1.79. The van der Waals surface area contributed by atoms with Gasteiger partial charge in [-0.2, -0.15) is 0 Å². The molecule has 0 bridgehead atoms. The summed E-state index contributed by atoms with van der Waals surface area (Å²) in [5.41, 5.74) is 2.36. The first kappa shape index (κ1) is 13.3. The molecule has 4 heteroatoms. The molecule has 2 aliphatic rings. The highest BCUT2D eigenvalue weighted by Gasteiger charge is 2.46. The average molecular weight is 360 g/mol. The number of ether oxygens (including phenoxy) is 1. The van der Waals surface area contributed by atoms with Crippen LogP contribution in [0, 0.1) is 0 Å². The number of nitrogens with zero attached hydrogens (tertiary/aromatic N) is 1. The van der Waals surface area contributed by atoms with Crippen LogP contribution in [0.1, 0.15) is 12.5 Å². The first-order chi connectivity index (χ1) is 10.2. The standard InChI is InChI=1S/C17H14BrNOS/c1-2-19-14-5-3-4-6-16(14)21-17(19)10-9-12-11-13(18)7-8-15(12)20-17/h3-11H,2H2,1H3. The molecule has 1 atom stereocenters. The van der Waals surface area contributed by atoms with Crippen molar-refractivity contribution in [3.63, 3.8) is 0 Å². The molecule has 4 rings (SSSR count). The molecule has 2 aromatic carbocycles. The van der Waals surface area contributed by atoms with E-state index in [9.17, 15) is 0 Å². The second kappa shape index (κ2) is 4.82. The number of rotatable bonds is 1. The van der Waals surface area contributed by atoms with Crippen LogP contribution < -0.4 is 9.64 Å². The van der Waals surface area contributed by atoms with Crippen molar-refractivity contribution in [2.75, 3.05) is 11.4 Å². The van der Waals surface area contributed by atoms with E-state index < -0.39 is 5.06 Å². The molecule has 1 spiro atoms. The van der Waals surface area contributed by atoms with Crippen LogP contribution in [0.15, 0.2) is 57.9 Å². The number of para-hydroxylation sites is 1. The summed E-state index contributed by atoms with van der Waals surface area (Å²) in [5, 5.41) is -0.459. The quantitative estimate of drug-likeness (QED) is 0.699. The van der Waals surface area contributed by atoms with E-state index in [2.05, 4.69) is 70.2 Å². The molecule has 106 valence electrons. The minimum atomic E-state index is -0.459. The molecular weight excluding hydrogens is 346 g/mol. The molecule has 2 heterocycles. The Morgan fingerprint density at radius 3 is 2.95 bits per heavy atom. The highest BCUT2D eigenvalue weighted by Crippen LogP contribution is 2.53. The van der Waals surface area contributed by atoms with Crippen LogP contribution in [0.5, 0.6) is 5.75 Å². The third-order valence-corrected chi connectivity index (χ3v) is 5.60. The summed E-state index contributed by atoms with van der Waals surface area (Å²) in [6.45, 7) is 3.07. The topological polar surface area (TPSA) is 12.5 Å². The van der Waals surface area contributed by atoms with E-state index in [0.29, 0.717) is 0 Å². The summed E-state index contributed by atoms with van der Waals surface area (Å²) >= 11 is 5.27. The first-order valence-corrected chi connectivity index (χ1v) is 8.56. The first-order valence-electron chi connectivity index (χ1n) is 6.95. The SMILES string of the molecule is CCN1c2ccccc2SC12C=Cc1cc(Br)ccc1O2. The van der Waals surface area contributed by atoms with Gasteiger partial charge in [-0.1, -0.05) is 28.1 Å². The van der Waals surface area contributed by atoms with E-state index in [1.54, 1.807) is 11.8 Å². The third-order valence-electron chi connectivity index (χ3n) is 3.81. The fraction of sp³-hybridized carbons (Fsp3) is 0.176. The van der Waals surface area contributed by atoms with E-state index in [1.807, 2.05) is 12.1 Å². The van der Waals surface area contributed by atoms with Gasteiger partial charge in [0.1, 0.15) is 5.75 Å². The van der Waals surface area contributed by atoms with Crippen molar-refractivity contribution in [3.8, 4) is 5.75 Å². The predicted octanol–water partition coefficient (Wildman–Crippen LogP) is 5.14. The summed E-state index contributed by atoms with van der Waals surface area (Å²) in [4.78, 5) is 3.58. The zero-order valence-electron chi connectivity index (χ0n) is 11.5. The van der Waals surface area contributed by atoms with Crippen molar-refractivity contribution in [2.45, 2.75) is 16.9 Å². The lowest BCUT2D eigenvalue weighted by Gasteiger charge is -2.38. The third kappa shape index (κ3) is 2.00.